The molecule has 1 fully saturated rings. The zero-order valence-corrected chi connectivity index (χ0v) is 29.0. The molecule has 4 aromatic rings. The molecule has 1 saturated carbocycles. The van der Waals surface area contributed by atoms with Gasteiger partial charge in [0.2, 0.25) is 10.0 Å². The number of benzene rings is 3. The van der Waals surface area contributed by atoms with E-state index in [0.29, 0.717) is 46.0 Å². The smallest absolute Gasteiger partial charge is 0.255 e. The number of nitrogens with one attached hydrogen (secondary N) is 2. The van der Waals surface area contributed by atoms with Crippen molar-refractivity contribution in [3.05, 3.63) is 129 Å². The van der Waals surface area contributed by atoms with Crippen LogP contribution in [0.15, 0.2) is 91.1 Å². The van der Waals surface area contributed by atoms with E-state index >= 15 is 0 Å². The summed E-state index contributed by atoms with van der Waals surface area (Å²) in [5.41, 5.74) is 5.35. The molecule has 0 saturated heterocycles. The average Bonchev–Trinajstić information content (AvgIpc) is 3.08. The van der Waals surface area contributed by atoms with Gasteiger partial charge in [-0.3, -0.25) is 19.4 Å². The molecule has 1 aliphatic carbocycles. The van der Waals surface area contributed by atoms with E-state index in [9.17, 15) is 18.0 Å². The molecule has 3 aromatic carbocycles. The Balaban J connectivity index is 1.46. The minimum Gasteiger partial charge on any atom is -0.489 e. The van der Waals surface area contributed by atoms with Gasteiger partial charge < -0.3 is 9.64 Å². The number of amides is 2. The molecule has 2 heterocycles. The lowest BCUT2D eigenvalue weighted by atomic mass is 9.76. The molecule has 0 unspecified atom stereocenters. The average molecular weight is 724 g/mol. The normalized spacial score (nSPS) is 20.8. The highest BCUT2D eigenvalue weighted by Gasteiger charge is 2.49. The molecule has 0 bridgehead atoms. The standard InChI is InChI=1S/C36H36Cl2N4O6S/c1-49(45,46)41-31-12-5-6-13-32(31)42-34(28-16-14-24(37)19-30(28)38)33(35(43)40-48-22-25-11-7-8-18-39-25)29-20-26(15-17-27(29)36(42)44)47-21-23-9-3-2-4-10-23/h2-4,7-11,14-20,31-34,41H,5-6,12-13,21-22H2,1H3,(H,40,43)/t31-,32-,33+,34-/m0/s1. The van der Waals surface area contributed by atoms with Crippen LogP contribution in [0.5, 0.6) is 5.75 Å². The largest absolute Gasteiger partial charge is 0.489 e. The third-order valence-corrected chi connectivity index (χ3v) is 10.1. The maximum atomic E-state index is 14.7. The molecule has 1 aromatic heterocycles. The number of carbonyl (C=O) groups excluding carboxylic acids is 2. The van der Waals surface area contributed by atoms with Crippen molar-refractivity contribution in [2.75, 3.05) is 6.26 Å². The number of hydrogen-bond donors (Lipinski definition) is 2. The fraction of sp³-hybridized carbons (Fsp3) is 0.306. The van der Waals surface area contributed by atoms with E-state index < -0.39 is 40.0 Å². The molecule has 1 aliphatic heterocycles. The predicted molar refractivity (Wildman–Crippen MR) is 187 cm³/mol. The van der Waals surface area contributed by atoms with Gasteiger partial charge in [-0.2, -0.15) is 0 Å². The highest BCUT2D eigenvalue weighted by atomic mass is 35.5. The van der Waals surface area contributed by atoms with Gasteiger partial charge in [-0.25, -0.2) is 18.6 Å². The van der Waals surface area contributed by atoms with E-state index in [1.54, 1.807) is 59.6 Å². The van der Waals surface area contributed by atoms with Gasteiger partial charge in [0.05, 0.1) is 23.9 Å². The zero-order chi connectivity index (χ0) is 34.5. The number of hydroxylamine groups is 1. The second-order valence-corrected chi connectivity index (χ2v) is 14.9. The Morgan fingerprint density at radius 2 is 1.71 bits per heavy atom. The van der Waals surface area contributed by atoms with Crippen LogP contribution < -0.4 is 14.9 Å². The van der Waals surface area contributed by atoms with Crippen molar-refractivity contribution in [3.8, 4) is 5.75 Å². The van der Waals surface area contributed by atoms with Gasteiger partial charge in [0.15, 0.2) is 0 Å². The maximum absolute atomic E-state index is 14.7. The van der Waals surface area contributed by atoms with Gasteiger partial charge in [0.25, 0.3) is 11.8 Å². The number of aromatic nitrogens is 1. The van der Waals surface area contributed by atoms with Crippen molar-refractivity contribution in [2.24, 2.45) is 0 Å². The van der Waals surface area contributed by atoms with E-state index in [0.717, 1.165) is 24.7 Å². The van der Waals surface area contributed by atoms with E-state index in [1.165, 1.54) is 0 Å². The number of pyridine rings is 1. The van der Waals surface area contributed by atoms with Crippen molar-refractivity contribution in [3.63, 3.8) is 0 Å². The first-order valence-corrected chi connectivity index (χ1v) is 18.6. The molecule has 49 heavy (non-hydrogen) atoms. The Kier molecular flexibility index (Phi) is 10.9. The molecule has 256 valence electrons. The summed E-state index contributed by atoms with van der Waals surface area (Å²) in [6, 6.07) is 22.9. The highest BCUT2D eigenvalue weighted by Crippen LogP contribution is 2.48. The van der Waals surface area contributed by atoms with E-state index in [-0.39, 0.29) is 24.1 Å². The van der Waals surface area contributed by atoms with Crippen LogP contribution >= 0.6 is 23.2 Å². The number of halogens is 2. The third-order valence-electron chi connectivity index (χ3n) is 8.82. The first-order valence-electron chi connectivity index (χ1n) is 16.0. The molecule has 2 N–H and O–H groups in total. The van der Waals surface area contributed by atoms with E-state index in [1.807, 2.05) is 36.4 Å². The number of rotatable bonds is 11. The Morgan fingerprint density at radius 3 is 2.45 bits per heavy atom. The quantitative estimate of drug-likeness (QED) is 0.173. The second kappa shape index (κ2) is 15.3. The first kappa shape index (κ1) is 34.8. The summed E-state index contributed by atoms with van der Waals surface area (Å²) in [5.74, 6) is -1.47. The molecule has 0 radical (unpaired) electrons. The summed E-state index contributed by atoms with van der Waals surface area (Å²) in [4.78, 5) is 40.7. The summed E-state index contributed by atoms with van der Waals surface area (Å²) in [6.07, 6.45) is 5.31. The zero-order valence-electron chi connectivity index (χ0n) is 26.7. The fourth-order valence-electron chi connectivity index (χ4n) is 6.72. The van der Waals surface area contributed by atoms with Crippen LogP contribution in [0, 0.1) is 0 Å². The van der Waals surface area contributed by atoms with Crippen LogP contribution in [0.4, 0.5) is 0 Å². The Labute approximate surface area is 295 Å². The molecule has 2 amide bonds. The van der Waals surface area contributed by atoms with Gasteiger partial charge in [-0.05, 0) is 72.0 Å². The number of nitrogens with zero attached hydrogens (tertiary/aromatic N) is 2. The molecule has 10 nitrogen and oxygen atoms in total. The lowest BCUT2D eigenvalue weighted by Crippen LogP contribution is -2.59. The number of sulfonamides is 1. The van der Waals surface area contributed by atoms with Crippen molar-refractivity contribution >= 4 is 45.0 Å². The highest BCUT2D eigenvalue weighted by molar-refractivity contribution is 7.88. The lowest BCUT2D eigenvalue weighted by molar-refractivity contribution is -0.138. The van der Waals surface area contributed by atoms with Crippen molar-refractivity contribution < 1.29 is 27.6 Å². The topological polar surface area (TPSA) is 127 Å². The summed E-state index contributed by atoms with van der Waals surface area (Å²) in [7, 11) is -3.63. The molecular weight excluding hydrogens is 687 g/mol. The Morgan fingerprint density at radius 1 is 0.939 bits per heavy atom. The van der Waals surface area contributed by atoms with Crippen molar-refractivity contribution in [2.45, 2.75) is 62.9 Å². The van der Waals surface area contributed by atoms with Gasteiger partial charge in [-0.1, -0.05) is 78.5 Å². The monoisotopic (exact) mass is 722 g/mol. The molecule has 4 atom stereocenters. The van der Waals surface area contributed by atoms with Crippen LogP contribution in [-0.2, 0) is 32.9 Å². The summed E-state index contributed by atoms with van der Waals surface area (Å²) in [6.45, 7) is 0.279. The van der Waals surface area contributed by atoms with Gasteiger partial charge >= 0.3 is 0 Å². The predicted octanol–water partition coefficient (Wildman–Crippen LogP) is 6.36. The SMILES string of the molecule is CS(=O)(=O)N[C@H]1CCCC[C@@H]1N1C(=O)c2ccc(OCc3ccccc3)cc2[C@@H](C(=O)NOCc2ccccn2)[C@@H]1c1ccc(Cl)cc1Cl. The Bertz CT molecular complexity index is 1920. The minimum atomic E-state index is -3.63. The van der Waals surface area contributed by atoms with Gasteiger partial charge in [0, 0.05) is 33.9 Å². The molecule has 0 spiro atoms. The van der Waals surface area contributed by atoms with Crippen LogP contribution in [0.1, 0.15) is 70.4 Å². The number of ether oxygens (including phenoxy) is 1. The van der Waals surface area contributed by atoms with Crippen LogP contribution in [-0.4, -0.2) is 48.5 Å². The van der Waals surface area contributed by atoms with Crippen LogP contribution in [0.2, 0.25) is 10.0 Å². The second-order valence-electron chi connectivity index (χ2n) is 12.2. The van der Waals surface area contributed by atoms with Gasteiger partial charge in [0.1, 0.15) is 19.0 Å². The summed E-state index contributed by atoms with van der Waals surface area (Å²) >= 11 is 13.2. The fourth-order valence-corrected chi connectivity index (χ4v) is 8.06. The molecule has 2 aliphatic rings. The summed E-state index contributed by atoms with van der Waals surface area (Å²) < 4.78 is 33.9. The van der Waals surface area contributed by atoms with Gasteiger partial charge in [-0.15, -0.1) is 0 Å². The number of fused-ring (bicyclic) bond motifs is 1. The molecule has 6 rings (SSSR count). The van der Waals surface area contributed by atoms with E-state index in [2.05, 4.69) is 15.2 Å². The maximum Gasteiger partial charge on any atom is 0.255 e. The molecular formula is C36H36Cl2N4O6S. The number of hydrogen-bond acceptors (Lipinski definition) is 7. The molecule has 13 heteroatoms. The van der Waals surface area contributed by atoms with Crippen molar-refractivity contribution in [1.29, 1.82) is 0 Å². The first-order chi connectivity index (χ1) is 23.6. The van der Waals surface area contributed by atoms with E-state index in [4.69, 9.17) is 32.8 Å². The lowest BCUT2D eigenvalue weighted by Gasteiger charge is -2.49. The van der Waals surface area contributed by atoms with Crippen molar-refractivity contribution in [1.82, 2.24) is 20.1 Å². The number of carbonyl (C=O) groups is 2. The van der Waals surface area contributed by atoms with Crippen LogP contribution in [0.3, 0.4) is 0 Å². The Hall–Kier alpha value is -4.00. The minimum absolute atomic E-state index is 0.00434. The third kappa shape index (κ3) is 8.25. The summed E-state index contributed by atoms with van der Waals surface area (Å²) in [5, 5.41) is 0.638. The van der Waals surface area contributed by atoms with Crippen LogP contribution in [0.25, 0.3) is 0 Å².